The number of carbonyl (C=O) groups is 1. The second kappa shape index (κ2) is 7.35. The molecular formula is C15H19N3O3S2. The van der Waals surface area contributed by atoms with Gasteiger partial charge in [0.25, 0.3) is 5.56 Å². The van der Waals surface area contributed by atoms with Crippen LogP contribution in [0.2, 0.25) is 0 Å². The normalized spacial score (nSPS) is 15.3. The Morgan fingerprint density at radius 3 is 2.96 bits per heavy atom. The molecule has 0 unspecified atom stereocenters. The highest BCUT2D eigenvalue weighted by atomic mass is 32.2. The summed E-state index contributed by atoms with van der Waals surface area (Å²) >= 11 is 3.01. The highest BCUT2D eigenvalue weighted by molar-refractivity contribution is 8.00. The van der Waals surface area contributed by atoms with E-state index in [0.717, 1.165) is 4.57 Å². The lowest BCUT2D eigenvalue weighted by atomic mass is 10.4. The number of amides is 1. The molecule has 0 radical (unpaired) electrons. The van der Waals surface area contributed by atoms with E-state index in [2.05, 4.69) is 10.3 Å². The monoisotopic (exact) mass is 353 g/mol. The highest BCUT2D eigenvalue weighted by Crippen LogP contribution is 2.28. The minimum Gasteiger partial charge on any atom is -0.354 e. The molecule has 2 aromatic rings. The van der Waals surface area contributed by atoms with Crippen LogP contribution in [0, 0.1) is 0 Å². The highest BCUT2D eigenvalue weighted by Gasteiger charge is 2.16. The van der Waals surface area contributed by atoms with Gasteiger partial charge in [-0.25, -0.2) is 4.79 Å². The largest absolute Gasteiger partial charge is 0.354 e. The Balaban J connectivity index is 1.53. The van der Waals surface area contributed by atoms with E-state index >= 15 is 0 Å². The molecule has 3 rings (SSSR count). The zero-order valence-electron chi connectivity index (χ0n) is 12.7. The van der Waals surface area contributed by atoms with Gasteiger partial charge < -0.3 is 10.3 Å². The van der Waals surface area contributed by atoms with Gasteiger partial charge >= 0.3 is 5.69 Å². The summed E-state index contributed by atoms with van der Waals surface area (Å²) in [6.07, 6.45) is 4.92. The fraction of sp³-hybridized carbons (Fsp3) is 0.533. The van der Waals surface area contributed by atoms with E-state index in [1.165, 1.54) is 37.0 Å². The van der Waals surface area contributed by atoms with Crippen molar-refractivity contribution in [2.24, 2.45) is 0 Å². The molecule has 0 bridgehead atoms. The van der Waals surface area contributed by atoms with Crippen LogP contribution in [-0.4, -0.2) is 33.0 Å². The Labute approximate surface area is 141 Å². The van der Waals surface area contributed by atoms with Crippen LogP contribution in [0.15, 0.2) is 21.0 Å². The summed E-state index contributed by atoms with van der Waals surface area (Å²) in [6.45, 7) is 0.464. The fourth-order valence-electron chi connectivity index (χ4n) is 2.78. The first kappa shape index (κ1) is 16.3. The van der Waals surface area contributed by atoms with Crippen LogP contribution in [0.3, 0.4) is 0 Å². The average Bonchev–Trinajstić information content (AvgIpc) is 3.19. The number of carbonyl (C=O) groups excluding carboxylic acids is 1. The van der Waals surface area contributed by atoms with Crippen LogP contribution < -0.4 is 16.6 Å². The maximum absolute atomic E-state index is 12.2. The average molecular weight is 353 g/mol. The lowest BCUT2D eigenvalue weighted by molar-refractivity contribution is -0.118. The van der Waals surface area contributed by atoms with E-state index < -0.39 is 5.69 Å². The van der Waals surface area contributed by atoms with Gasteiger partial charge in [-0.3, -0.25) is 14.2 Å². The predicted octanol–water partition coefficient (Wildman–Crippen LogP) is 1.54. The van der Waals surface area contributed by atoms with Gasteiger partial charge in [-0.1, -0.05) is 12.8 Å². The molecule has 2 aromatic heterocycles. The van der Waals surface area contributed by atoms with E-state index in [1.54, 1.807) is 23.2 Å². The molecule has 6 nitrogen and oxygen atoms in total. The SMILES string of the molecule is O=C(CSC1CCCC1)NCCn1c(=O)[nH]c2ccsc2c1=O. The first-order valence-electron chi connectivity index (χ1n) is 7.74. The number of thiophene rings is 1. The molecule has 1 saturated carbocycles. The van der Waals surface area contributed by atoms with Crippen LogP contribution in [0.4, 0.5) is 0 Å². The number of rotatable bonds is 6. The van der Waals surface area contributed by atoms with E-state index in [1.807, 2.05) is 0 Å². The molecule has 0 atom stereocenters. The van der Waals surface area contributed by atoms with Gasteiger partial charge in [0.2, 0.25) is 5.91 Å². The van der Waals surface area contributed by atoms with Gasteiger partial charge in [-0.15, -0.1) is 23.1 Å². The van der Waals surface area contributed by atoms with Gasteiger partial charge in [0, 0.05) is 18.3 Å². The van der Waals surface area contributed by atoms with Crippen molar-refractivity contribution in [3.63, 3.8) is 0 Å². The van der Waals surface area contributed by atoms with Crippen LogP contribution in [0.25, 0.3) is 10.2 Å². The van der Waals surface area contributed by atoms with Gasteiger partial charge in [-0.2, -0.15) is 0 Å². The van der Waals surface area contributed by atoms with Crippen molar-refractivity contribution in [3.05, 3.63) is 32.3 Å². The van der Waals surface area contributed by atoms with Crippen LogP contribution in [-0.2, 0) is 11.3 Å². The Hall–Kier alpha value is -1.54. The molecule has 124 valence electrons. The van der Waals surface area contributed by atoms with Crippen molar-refractivity contribution in [2.45, 2.75) is 37.5 Å². The first-order valence-corrected chi connectivity index (χ1v) is 9.66. The summed E-state index contributed by atoms with van der Waals surface area (Å²) < 4.78 is 1.68. The molecule has 0 aliphatic heterocycles. The zero-order valence-corrected chi connectivity index (χ0v) is 14.3. The predicted molar refractivity (Wildman–Crippen MR) is 94.4 cm³/mol. The molecule has 8 heteroatoms. The minimum atomic E-state index is -0.435. The number of hydrogen-bond acceptors (Lipinski definition) is 5. The number of nitrogens with one attached hydrogen (secondary N) is 2. The third-order valence-electron chi connectivity index (χ3n) is 4.00. The Morgan fingerprint density at radius 2 is 2.17 bits per heavy atom. The van der Waals surface area contributed by atoms with Crippen molar-refractivity contribution >= 4 is 39.2 Å². The second-order valence-electron chi connectivity index (χ2n) is 5.62. The molecule has 23 heavy (non-hydrogen) atoms. The number of aromatic nitrogens is 2. The van der Waals surface area contributed by atoms with Gasteiger partial charge in [0.05, 0.1) is 11.3 Å². The first-order chi connectivity index (χ1) is 11.1. The van der Waals surface area contributed by atoms with Crippen LogP contribution >= 0.6 is 23.1 Å². The third kappa shape index (κ3) is 3.87. The number of fused-ring (bicyclic) bond motifs is 1. The Morgan fingerprint density at radius 1 is 1.39 bits per heavy atom. The van der Waals surface area contributed by atoms with E-state index in [4.69, 9.17) is 0 Å². The molecule has 2 heterocycles. The summed E-state index contributed by atoms with van der Waals surface area (Å²) in [7, 11) is 0. The Bertz CT molecular complexity index is 802. The van der Waals surface area contributed by atoms with Crippen molar-refractivity contribution < 1.29 is 4.79 Å². The van der Waals surface area contributed by atoms with Gasteiger partial charge in [0.15, 0.2) is 0 Å². The summed E-state index contributed by atoms with van der Waals surface area (Å²) in [4.78, 5) is 38.7. The molecule has 1 aliphatic carbocycles. The standard InChI is InChI=1S/C15H19N3O3S2/c19-12(9-23-10-3-1-2-4-10)16-6-7-18-14(20)13-11(5-8-22-13)17-15(18)21/h5,8,10H,1-4,6-7,9H2,(H,16,19)(H,17,21). The summed E-state index contributed by atoms with van der Waals surface area (Å²) in [5.41, 5.74) is -0.165. The maximum atomic E-state index is 12.2. The zero-order chi connectivity index (χ0) is 16.2. The van der Waals surface area contributed by atoms with E-state index in [9.17, 15) is 14.4 Å². The van der Waals surface area contributed by atoms with Crippen molar-refractivity contribution in [1.29, 1.82) is 0 Å². The maximum Gasteiger partial charge on any atom is 0.328 e. The number of hydrogen-bond donors (Lipinski definition) is 2. The molecule has 0 saturated heterocycles. The summed E-state index contributed by atoms with van der Waals surface area (Å²) in [5.74, 6) is 0.406. The molecule has 1 amide bonds. The third-order valence-corrected chi connectivity index (χ3v) is 6.28. The molecule has 0 aromatic carbocycles. The lowest BCUT2D eigenvalue weighted by Crippen LogP contribution is -2.39. The number of nitrogens with zero attached hydrogens (tertiary/aromatic N) is 1. The molecule has 0 spiro atoms. The van der Waals surface area contributed by atoms with Crippen LogP contribution in [0.1, 0.15) is 25.7 Å². The second-order valence-corrected chi connectivity index (χ2v) is 7.82. The minimum absolute atomic E-state index is 0.0384. The van der Waals surface area contributed by atoms with Crippen LogP contribution in [0.5, 0.6) is 0 Å². The Kier molecular flexibility index (Phi) is 5.22. The number of H-pyrrole nitrogens is 1. The molecular weight excluding hydrogens is 334 g/mol. The van der Waals surface area contributed by atoms with E-state index in [0.29, 0.717) is 21.2 Å². The lowest BCUT2D eigenvalue weighted by Gasteiger charge is -2.09. The summed E-state index contributed by atoms with van der Waals surface area (Å²) in [6, 6.07) is 1.72. The topological polar surface area (TPSA) is 84.0 Å². The molecule has 1 aliphatic rings. The fourth-order valence-corrected chi connectivity index (χ4v) is 4.73. The van der Waals surface area contributed by atoms with E-state index in [-0.39, 0.29) is 24.6 Å². The van der Waals surface area contributed by atoms with Crippen molar-refractivity contribution in [2.75, 3.05) is 12.3 Å². The summed E-state index contributed by atoms with van der Waals surface area (Å²) in [5, 5.41) is 5.16. The quantitative estimate of drug-likeness (QED) is 0.825. The smallest absolute Gasteiger partial charge is 0.328 e. The number of thioether (sulfide) groups is 1. The molecule has 2 N–H and O–H groups in total. The number of aromatic amines is 1. The van der Waals surface area contributed by atoms with Gasteiger partial charge in [0.1, 0.15) is 4.70 Å². The van der Waals surface area contributed by atoms with Crippen molar-refractivity contribution in [3.8, 4) is 0 Å². The van der Waals surface area contributed by atoms with Crippen molar-refractivity contribution in [1.82, 2.24) is 14.9 Å². The molecule has 1 fully saturated rings. The van der Waals surface area contributed by atoms with Gasteiger partial charge in [-0.05, 0) is 24.3 Å².